The van der Waals surface area contributed by atoms with Crippen molar-refractivity contribution in [2.45, 2.75) is 31.9 Å². The highest BCUT2D eigenvalue weighted by molar-refractivity contribution is 5.85. The van der Waals surface area contributed by atoms with Gasteiger partial charge >= 0.3 is 0 Å². The van der Waals surface area contributed by atoms with Gasteiger partial charge in [-0.05, 0) is 23.3 Å². The molecular formula is C18H20N2O. The van der Waals surface area contributed by atoms with Crippen LogP contribution in [0.25, 0.3) is 10.8 Å². The van der Waals surface area contributed by atoms with E-state index < -0.39 is 0 Å². The van der Waals surface area contributed by atoms with E-state index in [-0.39, 0.29) is 5.60 Å². The first-order valence-corrected chi connectivity index (χ1v) is 7.65. The standard InChI is InChI=1S/C18H20N2O/c1-14-11-18(21-19-14)9-10-20(13-18)12-16-7-4-6-15-5-2-3-8-17(15)16/h2-8H,9-13H2,1H3. The molecule has 2 aromatic carbocycles. The summed E-state index contributed by atoms with van der Waals surface area (Å²) >= 11 is 0. The molecule has 0 saturated carbocycles. The molecule has 1 spiro atoms. The van der Waals surface area contributed by atoms with Gasteiger partial charge in [-0.15, -0.1) is 0 Å². The van der Waals surface area contributed by atoms with Gasteiger partial charge in [-0.2, -0.15) is 0 Å². The maximum absolute atomic E-state index is 5.72. The average molecular weight is 280 g/mol. The smallest absolute Gasteiger partial charge is 0.156 e. The van der Waals surface area contributed by atoms with Gasteiger partial charge in [-0.25, -0.2) is 0 Å². The van der Waals surface area contributed by atoms with Gasteiger partial charge in [-0.3, -0.25) is 4.90 Å². The Labute approximate surface area is 125 Å². The molecule has 1 unspecified atom stereocenters. The lowest BCUT2D eigenvalue weighted by atomic mass is 9.97. The Morgan fingerprint density at radius 1 is 1.19 bits per heavy atom. The zero-order chi connectivity index (χ0) is 14.3. The fourth-order valence-corrected chi connectivity index (χ4v) is 3.66. The average Bonchev–Trinajstić information content (AvgIpc) is 3.06. The van der Waals surface area contributed by atoms with Crippen molar-refractivity contribution >= 4 is 16.5 Å². The van der Waals surface area contributed by atoms with Gasteiger partial charge in [0.05, 0.1) is 5.71 Å². The number of oxime groups is 1. The first kappa shape index (κ1) is 12.8. The van der Waals surface area contributed by atoms with Crippen molar-refractivity contribution in [1.82, 2.24) is 4.90 Å². The molecule has 1 saturated heterocycles. The summed E-state index contributed by atoms with van der Waals surface area (Å²) in [6.07, 6.45) is 2.07. The molecular weight excluding hydrogens is 260 g/mol. The highest BCUT2D eigenvalue weighted by atomic mass is 16.7. The highest BCUT2D eigenvalue weighted by Gasteiger charge is 2.44. The third-order valence-corrected chi connectivity index (χ3v) is 4.64. The molecule has 1 atom stereocenters. The minimum Gasteiger partial charge on any atom is -0.387 e. The third-order valence-electron chi connectivity index (χ3n) is 4.64. The number of fused-ring (bicyclic) bond motifs is 1. The van der Waals surface area contributed by atoms with Gasteiger partial charge < -0.3 is 4.84 Å². The molecule has 108 valence electrons. The van der Waals surface area contributed by atoms with E-state index in [1.807, 2.05) is 0 Å². The summed E-state index contributed by atoms with van der Waals surface area (Å²) in [7, 11) is 0. The van der Waals surface area contributed by atoms with Crippen LogP contribution < -0.4 is 0 Å². The lowest BCUT2D eigenvalue weighted by molar-refractivity contribution is -0.0104. The van der Waals surface area contributed by atoms with Crippen LogP contribution in [0.3, 0.4) is 0 Å². The zero-order valence-corrected chi connectivity index (χ0v) is 12.4. The number of rotatable bonds is 2. The molecule has 21 heavy (non-hydrogen) atoms. The number of hydrogen-bond donors (Lipinski definition) is 0. The fraction of sp³-hybridized carbons (Fsp3) is 0.389. The number of hydrogen-bond acceptors (Lipinski definition) is 3. The molecule has 2 aliphatic rings. The molecule has 0 radical (unpaired) electrons. The summed E-state index contributed by atoms with van der Waals surface area (Å²) in [5, 5.41) is 6.83. The van der Waals surface area contributed by atoms with Crippen LogP contribution >= 0.6 is 0 Å². The normalized spacial score (nSPS) is 25.5. The largest absolute Gasteiger partial charge is 0.387 e. The van der Waals surface area contributed by atoms with Crippen LogP contribution in [0.15, 0.2) is 47.6 Å². The molecule has 4 rings (SSSR count). The number of nitrogens with zero attached hydrogens (tertiary/aromatic N) is 2. The first-order chi connectivity index (χ1) is 10.2. The molecule has 0 aliphatic carbocycles. The molecule has 0 aromatic heterocycles. The van der Waals surface area contributed by atoms with E-state index >= 15 is 0 Å². The van der Waals surface area contributed by atoms with Gasteiger partial charge in [0.25, 0.3) is 0 Å². The van der Waals surface area contributed by atoms with Crippen LogP contribution in [0.1, 0.15) is 25.3 Å². The quantitative estimate of drug-likeness (QED) is 0.840. The van der Waals surface area contributed by atoms with E-state index in [1.165, 1.54) is 16.3 Å². The summed E-state index contributed by atoms with van der Waals surface area (Å²) in [5.41, 5.74) is 2.48. The topological polar surface area (TPSA) is 24.8 Å². The lowest BCUT2D eigenvalue weighted by Crippen LogP contribution is -2.33. The fourth-order valence-electron chi connectivity index (χ4n) is 3.66. The molecule has 0 N–H and O–H groups in total. The predicted molar refractivity (Wildman–Crippen MR) is 85.4 cm³/mol. The second-order valence-corrected chi connectivity index (χ2v) is 6.38. The maximum Gasteiger partial charge on any atom is 0.156 e. The van der Waals surface area contributed by atoms with Crippen LogP contribution in [0, 0.1) is 0 Å². The van der Waals surface area contributed by atoms with Gasteiger partial charge in [0, 0.05) is 32.5 Å². The highest BCUT2D eigenvalue weighted by Crippen LogP contribution is 2.34. The Bertz CT molecular complexity index is 704. The van der Waals surface area contributed by atoms with Crippen LogP contribution in [-0.2, 0) is 11.4 Å². The zero-order valence-electron chi connectivity index (χ0n) is 12.4. The SMILES string of the molecule is CC1=NOC2(CCN(Cc3cccc4ccccc34)C2)C1. The Balaban J connectivity index is 1.54. The summed E-state index contributed by atoms with van der Waals surface area (Å²) in [6, 6.07) is 15.2. The van der Waals surface area contributed by atoms with Gasteiger partial charge in [0.1, 0.15) is 0 Å². The maximum atomic E-state index is 5.72. The van der Waals surface area contributed by atoms with Crippen molar-refractivity contribution in [3.05, 3.63) is 48.0 Å². The van der Waals surface area contributed by atoms with Crippen molar-refractivity contribution in [3.63, 3.8) is 0 Å². The molecule has 1 fully saturated rings. The van der Waals surface area contributed by atoms with E-state index in [2.05, 4.69) is 59.4 Å². The lowest BCUT2D eigenvalue weighted by Gasteiger charge is -2.22. The minimum atomic E-state index is -0.0470. The van der Waals surface area contributed by atoms with E-state index in [0.29, 0.717) is 0 Å². The van der Waals surface area contributed by atoms with Gasteiger partial charge in [0.15, 0.2) is 5.60 Å². The molecule has 2 aromatic rings. The van der Waals surface area contributed by atoms with Crippen LogP contribution in [0.2, 0.25) is 0 Å². The predicted octanol–water partition coefficient (Wildman–Crippen LogP) is 3.58. The minimum absolute atomic E-state index is 0.0470. The summed E-state index contributed by atoms with van der Waals surface area (Å²) < 4.78 is 0. The Morgan fingerprint density at radius 3 is 2.90 bits per heavy atom. The van der Waals surface area contributed by atoms with E-state index in [4.69, 9.17) is 4.84 Å². The second kappa shape index (κ2) is 4.85. The van der Waals surface area contributed by atoms with Crippen LogP contribution in [-0.4, -0.2) is 29.3 Å². The van der Waals surface area contributed by atoms with Gasteiger partial charge in [0.2, 0.25) is 0 Å². The monoisotopic (exact) mass is 280 g/mol. The number of benzene rings is 2. The van der Waals surface area contributed by atoms with E-state index in [1.54, 1.807) is 0 Å². The second-order valence-electron chi connectivity index (χ2n) is 6.38. The Kier molecular flexibility index (Phi) is 2.96. The molecule has 2 heterocycles. The first-order valence-electron chi connectivity index (χ1n) is 7.65. The molecule has 0 bridgehead atoms. The summed E-state index contributed by atoms with van der Waals surface area (Å²) in [5.74, 6) is 0. The molecule has 0 amide bonds. The Hall–Kier alpha value is -1.87. The molecule has 3 heteroatoms. The van der Waals surface area contributed by atoms with Crippen molar-refractivity contribution in [2.24, 2.45) is 5.16 Å². The van der Waals surface area contributed by atoms with Crippen molar-refractivity contribution < 1.29 is 4.84 Å². The molecule has 2 aliphatic heterocycles. The van der Waals surface area contributed by atoms with E-state index in [9.17, 15) is 0 Å². The number of likely N-dealkylation sites (tertiary alicyclic amines) is 1. The van der Waals surface area contributed by atoms with Gasteiger partial charge in [-0.1, -0.05) is 47.6 Å². The van der Waals surface area contributed by atoms with Crippen LogP contribution in [0.4, 0.5) is 0 Å². The van der Waals surface area contributed by atoms with Crippen molar-refractivity contribution in [3.8, 4) is 0 Å². The summed E-state index contributed by atoms with van der Waals surface area (Å²) in [4.78, 5) is 8.21. The van der Waals surface area contributed by atoms with Crippen LogP contribution in [0.5, 0.6) is 0 Å². The van der Waals surface area contributed by atoms with Crippen molar-refractivity contribution in [2.75, 3.05) is 13.1 Å². The van der Waals surface area contributed by atoms with Crippen molar-refractivity contribution in [1.29, 1.82) is 0 Å². The third kappa shape index (κ3) is 2.32. The molecule has 3 nitrogen and oxygen atoms in total. The Morgan fingerprint density at radius 2 is 2.05 bits per heavy atom. The van der Waals surface area contributed by atoms with E-state index in [0.717, 1.165) is 38.2 Å². The summed E-state index contributed by atoms with van der Waals surface area (Å²) in [6.45, 7) is 5.12.